The summed E-state index contributed by atoms with van der Waals surface area (Å²) in [4.78, 5) is 10.9. The van der Waals surface area contributed by atoms with E-state index < -0.39 is 0 Å². The van der Waals surface area contributed by atoms with Crippen molar-refractivity contribution in [1.82, 2.24) is 5.32 Å². The fourth-order valence-electron chi connectivity index (χ4n) is 2.06. The highest BCUT2D eigenvalue weighted by Crippen LogP contribution is 2.40. The van der Waals surface area contributed by atoms with Crippen LogP contribution in [0.3, 0.4) is 0 Å². The molecule has 1 fully saturated rings. The van der Waals surface area contributed by atoms with Crippen LogP contribution in [-0.4, -0.2) is 19.2 Å². The third-order valence-corrected chi connectivity index (χ3v) is 2.68. The average molecular weight is 167 g/mol. The maximum absolute atomic E-state index is 10.9. The van der Waals surface area contributed by atoms with Gasteiger partial charge >= 0.3 is 6.09 Å². The number of fused-ring (bicyclic) bond motifs is 2. The average Bonchev–Trinajstić information content (AvgIpc) is 2.64. The number of hydrogen-bond donors (Lipinski definition) is 1. The molecular weight excluding hydrogens is 154 g/mol. The topological polar surface area (TPSA) is 38.3 Å². The summed E-state index contributed by atoms with van der Waals surface area (Å²) in [5.74, 6) is 1.14. The third kappa shape index (κ3) is 1.19. The number of amides is 1. The number of alkyl carbamates (subject to hydrolysis) is 1. The van der Waals surface area contributed by atoms with E-state index in [2.05, 4.69) is 17.5 Å². The molecular formula is C9H13NO2. The van der Waals surface area contributed by atoms with Crippen LogP contribution in [0.1, 0.15) is 12.8 Å². The van der Waals surface area contributed by atoms with Crippen molar-refractivity contribution in [3.8, 4) is 0 Å². The Kier molecular flexibility index (Phi) is 1.79. The number of nitrogens with one attached hydrogen (secondary N) is 1. The molecule has 0 radical (unpaired) electrons. The van der Waals surface area contributed by atoms with Gasteiger partial charge in [0.05, 0.1) is 0 Å². The zero-order valence-corrected chi connectivity index (χ0v) is 7.12. The van der Waals surface area contributed by atoms with E-state index in [1.54, 1.807) is 7.05 Å². The Bertz CT molecular complexity index is 225. The van der Waals surface area contributed by atoms with Crippen LogP contribution in [0.5, 0.6) is 0 Å². The lowest BCUT2D eigenvalue weighted by atomic mass is 10.1. The van der Waals surface area contributed by atoms with Gasteiger partial charge in [0.25, 0.3) is 0 Å². The summed E-state index contributed by atoms with van der Waals surface area (Å²) >= 11 is 0. The molecule has 1 amide bonds. The molecule has 2 aliphatic carbocycles. The summed E-state index contributed by atoms with van der Waals surface area (Å²) < 4.78 is 5.19. The van der Waals surface area contributed by atoms with E-state index in [4.69, 9.17) is 4.74 Å². The SMILES string of the molecule is CNC(=O)OC1CC2C=CC1C2. The molecule has 1 N–H and O–H groups in total. The van der Waals surface area contributed by atoms with E-state index in [1.165, 1.54) is 6.42 Å². The number of ether oxygens (including phenoxy) is 1. The van der Waals surface area contributed by atoms with Gasteiger partial charge in [-0.15, -0.1) is 0 Å². The molecule has 12 heavy (non-hydrogen) atoms. The summed E-state index contributed by atoms with van der Waals surface area (Å²) in [6.07, 6.45) is 6.40. The van der Waals surface area contributed by atoms with Gasteiger partial charge in [0.2, 0.25) is 0 Å². The largest absolute Gasteiger partial charge is 0.446 e. The van der Waals surface area contributed by atoms with Crippen LogP contribution in [0.15, 0.2) is 12.2 Å². The highest BCUT2D eigenvalue weighted by atomic mass is 16.6. The van der Waals surface area contributed by atoms with Gasteiger partial charge in [0, 0.05) is 13.0 Å². The predicted octanol–water partition coefficient (Wildman–Crippen LogP) is 1.31. The predicted molar refractivity (Wildman–Crippen MR) is 44.7 cm³/mol. The Morgan fingerprint density at radius 1 is 1.50 bits per heavy atom. The van der Waals surface area contributed by atoms with Gasteiger partial charge in [0.15, 0.2) is 0 Å². The number of carbonyl (C=O) groups is 1. The highest BCUT2D eigenvalue weighted by Gasteiger charge is 2.37. The molecule has 3 atom stereocenters. The molecule has 1 saturated carbocycles. The number of allylic oxidation sites excluding steroid dienone is 1. The third-order valence-electron chi connectivity index (χ3n) is 2.68. The Hall–Kier alpha value is -0.990. The zero-order chi connectivity index (χ0) is 8.55. The molecule has 0 aliphatic heterocycles. The smallest absolute Gasteiger partial charge is 0.407 e. The fourth-order valence-corrected chi connectivity index (χ4v) is 2.06. The van der Waals surface area contributed by atoms with Crippen LogP contribution >= 0.6 is 0 Å². The lowest BCUT2D eigenvalue weighted by Gasteiger charge is -2.17. The number of carbonyl (C=O) groups excluding carboxylic acids is 1. The molecule has 3 unspecified atom stereocenters. The van der Waals surface area contributed by atoms with E-state index in [0.717, 1.165) is 6.42 Å². The van der Waals surface area contributed by atoms with Gasteiger partial charge in [-0.3, -0.25) is 0 Å². The van der Waals surface area contributed by atoms with Crippen LogP contribution in [0.2, 0.25) is 0 Å². The first kappa shape index (κ1) is 7.65. The van der Waals surface area contributed by atoms with E-state index >= 15 is 0 Å². The minimum absolute atomic E-state index is 0.125. The lowest BCUT2D eigenvalue weighted by Crippen LogP contribution is -2.28. The summed E-state index contributed by atoms with van der Waals surface area (Å²) in [6, 6.07) is 0. The molecule has 0 heterocycles. The quantitative estimate of drug-likeness (QED) is 0.598. The molecule has 3 heteroatoms. The second-order valence-electron chi connectivity index (χ2n) is 3.47. The zero-order valence-electron chi connectivity index (χ0n) is 7.12. The first-order chi connectivity index (χ1) is 5.79. The minimum atomic E-state index is -0.305. The van der Waals surface area contributed by atoms with E-state index in [-0.39, 0.29) is 12.2 Å². The summed E-state index contributed by atoms with van der Waals surface area (Å²) in [5.41, 5.74) is 0. The molecule has 0 spiro atoms. The van der Waals surface area contributed by atoms with Crippen LogP contribution in [0.4, 0.5) is 4.79 Å². The van der Waals surface area contributed by atoms with Crippen molar-refractivity contribution >= 4 is 6.09 Å². The number of hydrogen-bond acceptors (Lipinski definition) is 2. The molecule has 0 aromatic carbocycles. The Labute approximate surface area is 71.8 Å². The Balaban J connectivity index is 1.91. The summed E-state index contributed by atoms with van der Waals surface area (Å²) in [7, 11) is 1.59. The molecule has 3 nitrogen and oxygen atoms in total. The molecule has 2 aliphatic rings. The summed E-state index contributed by atoms with van der Waals surface area (Å²) in [6.45, 7) is 0. The Morgan fingerprint density at radius 3 is 2.83 bits per heavy atom. The Morgan fingerprint density at radius 2 is 2.33 bits per heavy atom. The van der Waals surface area contributed by atoms with Crippen molar-refractivity contribution < 1.29 is 9.53 Å². The number of rotatable bonds is 1. The maximum atomic E-state index is 10.9. The monoisotopic (exact) mass is 167 g/mol. The van der Waals surface area contributed by atoms with Gasteiger partial charge < -0.3 is 10.1 Å². The summed E-state index contributed by atoms with van der Waals surface area (Å²) in [5, 5.41) is 2.47. The maximum Gasteiger partial charge on any atom is 0.407 e. The van der Waals surface area contributed by atoms with Crippen LogP contribution in [-0.2, 0) is 4.74 Å². The molecule has 66 valence electrons. The van der Waals surface area contributed by atoms with Gasteiger partial charge in [-0.25, -0.2) is 4.79 Å². The molecule has 0 aromatic heterocycles. The van der Waals surface area contributed by atoms with Crippen LogP contribution < -0.4 is 5.32 Å². The normalized spacial score (nSPS) is 36.9. The molecule has 2 rings (SSSR count). The van der Waals surface area contributed by atoms with Gasteiger partial charge in [-0.1, -0.05) is 12.2 Å². The first-order valence-corrected chi connectivity index (χ1v) is 4.36. The van der Waals surface area contributed by atoms with Crippen LogP contribution in [0.25, 0.3) is 0 Å². The second-order valence-corrected chi connectivity index (χ2v) is 3.47. The van der Waals surface area contributed by atoms with Gasteiger partial charge in [-0.2, -0.15) is 0 Å². The standard InChI is InChI=1S/C9H13NO2/c1-10-9(11)12-8-5-6-2-3-7(8)4-6/h2-3,6-8H,4-5H2,1H3,(H,10,11). The lowest BCUT2D eigenvalue weighted by molar-refractivity contribution is 0.0853. The van der Waals surface area contributed by atoms with Gasteiger partial charge in [0.1, 0.15) is 6.10 Å². The van der Waals surface area contributed by atoms with Crippen molar-refractivity contribution in [2.75, 3.05) is 7.05 Å². The highest BCUT2D eigenvalue weighted by molar-refractivity contribution is 5.67. The van der Waals surface area contributed by atoms with E-state index in [1.807, 2.05) is 0 Å². The van der Waals surface area contributed by atoms with Crippen molar-refractivity contribution in [3.05, 3.63) is 12.2 Å². The van der Waals surface area contributed by atoms with Crippen molar-refractivity contribution in [1.29, 1.82) is 0 Å². The molecule has 0 aromatic rings. The van der Waals surface area contributed by atoms with E-state index in [0.29, 0.717) is 11.8 Å². The fraction of sp³-hybridized carbons (Fsp3) is 0.667. The van der Waals surface area contributed by atoms with E-state index in [9.17, 15) is 4.79 Å². The van der Waals surface area contributed by atoms with Crippen molar-refractivity contribution in [2.45, 2.75) is 18.9 Å². The van der Waals surface area contributed by atoms with Gasteiger partial charge in [-0.05, 0) is 18.8 Å². The second kappa shape index (κ2) is 2.81. The van der Waals surface area contributed by atoms with Crippen LogP contribution in [0, 0.1) is 11.8 Å². The van der Waals surface area contributed by atoms with Crippen molar-refractivity contribution in [2.24, 2.45) is 11.8 Å². The molecule has 0 saturated heterocycles. The van der Waals surface area contributed by atoms with Crippen molar-refractivity contribution in [3.63, 3.8) is 0 Å². The molecule has 2 bridgehead atoms. The first-order valence-electron chi connectivity index (χ1n) is 4.36. The minimum Gasteiger partial charge on any atom is -0.446 e.